The third-order valence-corrected chi connectivity index (χ3v) is 7.06. The van der Waals surface area contributed by atoms with E-state index < -0.39 is 5.97 Å². The van der Waals surface area contributed by atoms with Crippen LogP contribution in [0.15, 0.2) is 18.2 Å². The van der Waals surface area contributed by atoms with Crippen molar-refractivity contribution in [2.24, 2.45) is 18.9 Å². The first-order valence-corrected chi connectivity index (χ1v) is 11.1. The van der Waals surface area contributed by atoms with Crippen LogP contribution in [0.25, 0.3) is 10.9 Å². The molecule has 1 amide bonds. The van der Waals surface area contributed by atoms with Crippen molar-refractivity contribution in [3.8, 4) is 0 Å². The van der Waals surface area contributed by atoms with Crippen molar-refractivity contribution in [1.82, 2.24) is 9.47 Å². The molecular formula is C24H32N2O4. The summed E-state index contributed by atoms with van der Waals surface area (Å²) in [4.78, 5) is 25.3. The number of amides is 1. The lowest BCUT2D eigenvalue weighted by molar-refractivity contribution is -0.137. The van der Waals surface area contributed by atoms with Crippen molar-refractivity contribution in [1.29, 1.82) is 0 Å². The number of benzene rings is 1. The summed E-state index contributed by atoms with van der Waals surface area (Å²) in [7, 11) is 3.88. The molecule has 1 aromatic carbocycles. The van der Waals surface area contributed by atoms with Crippen LogP contribution in [0.5, 0.6) is 0 Å². The monoisotopic (exact) mass is 412 g/mol. The van der Waals surface area contributed by atoms with E-state index in [1.165, 1.54) is 28.6 Å². The number of carboxylic acids is 1. The Morgan fingerprint density at radius 2 is 1.97 bits per heavy atom. The van der Waals surface area contributed by atoms with Crippen LogP contribution in [0.2, 0.25) is 0 Å². The Hall–Kier alpha value is -2.34. The molecular weight excluding hydrogens is 380 g/mol. The minimum atomic E-state index is -0.827. The first kappa shape index (κ1) is 20.9. The lowest BCUT2D eigenvalue weighted by Gasteiger charge is -2.33. The summed E-state index contributed by atoms with van der Waals surface area (Å²) in [5, 5.41) is 10.0. The summed E-state index contributed by atoms with van der Waals surface area (Å²) in [6.45, 7) is 2.22. The minimum Gasteiger partial charge on any atom is -0.481 e. The zero-order valence-corrected chi connectivity index (χ0v) is 18.0. The molecule has 1 unspecified atom stereocenters. The highest BCUT2D eigenvalue weighted by molar-refractivity contribution is 5.99. The molecule has 6 nitrogen and oxygen atoms in total. The van der Waals surface area contributed by atoms with Gasteiger partial charge >= 0.3 is 5.97 Å². The van der Waals surface area contributed by atoms with E-state index in [0.717, 1.165) is 44.8 Å². The summed E-state index contributed by atoms with van der Waals surface area (Å²) in [5.74, 6) is 0.571. The van der Waals surface area contributed by atoms with Crippen molar-refractivity contribution < 1.29 is 19.4 Å². The molecule has 1 N–H and O–H groups in total. The van der Waals surface area contributed by atoms with E-state index >= 15 is 0 Å². The average Bonchev–Trinajstić information content (AvgIpc) is 3.04. The number of nitrogens with zero attached hydrogens (tertiary/aromatic N) is 2. The van der Waals surface area contributed by atoms with Crippen LogP contribution < -0.4 is 0 Å². The minimum absolute atomic E-state index is 0.0447. The molecule has 2 heterocycles. The van der Waals surface area contributed by atoms with Crippen LogP contribution in [-0.4, -0.2) is 53.3 Å². The first-order valence-electron chi connectivity index (χ1n) is 11.1. The lowest BCUT2D eigenvalue weighted by Crippen LogP contribution is -2.28. The fourth-order valence-electron chi connectivity index (χ4n) is 5.32. The van der Waals surface area contributed by atoms with Gasteiger partial charge < -0.3 is 19.3 Å². The number of aryl methyl sites for hydroxylation is 1. The summed E-state index contributed by atoms with van der Waals surface area (Å²) >= 11 is 0. The van der Waals surface area contributed by atoms with Gasteiger partial charge in [0.2, 0.25) is 0 Å². The molecule has 0 saturated carbocycles. The van der Waals surface area contributed by atoms with E-state index in [-0.39, 0.29) is 12.3 Å². The number of carbonyl (C=O) groups is 2. The van der Waals surface area contributed by atoms with Crippen LogP contribution >= 0.6 is 0 Å². The van der Waals surface area contributed by atoms with Crippen molar-refractivity contribution in [3.05, 3.63) is 35.0 Å². The molecule has 1 aromatic heterocycles. The zero-order valence-electron chi connectivity index (χ0n) is 18.0. The van der Waals surface area contributed by atoms with Gasteiger partial charge in [0.05, 0.1) is 0 Å². The van der Waals surface area contributed by atoms with Crippen molar-refractivity contribution in [3.63, 3.8) is 0 Å². The molecule has 30 heavy (non-hydrogen) atoms. The van der Waals surface area contributed by atoms with Crippen LogP contribution in [0.1, 0.15) is 53.7 Å². The fourth-order valence-corrected chi connectivity index (χ4v) is 5.32. The van der Waals surface area contributed by atoms with Gasteiger partial charge in [-0.05, 0) is 74.1 Å². The zero-order chi connectivity index (χ0) is 21.3. The number of hydrogen-bond donors (Lipinski definition) is 1. The Morgan fingerprint density at radius 3 is 2.70 bits per heavy atom. The number of carboxylic acid groups (broad SMARTS) is 1. The second kappa shape index (κ2) is 8.80. The quantitative estimate of drug-likeness (QED) is 0.786. The Morgan fingerprint density at radius 1 is 1.20 bits per heavy atom. The van der Waals surface area contributed by atoms with Gasteiger partial charge in [-0.25, -0.2) is 0 Å². The Balaban J connectivity index is 1.57. The van der Waals surface area contributed by atoms with Gasteiger partial charge in [-0.2, -0.15) is 0 Å². The predicted molar refractivity (Wildman–Crippen MR) is 116 cm³/mol. The number of ether oxygens (including phenoxy) is 1. The lowest BCUT2D eigenvalue weighted by atomic mass is 9.75. The van der Waals surface area contributed by atoms with Gasteiger partial charge in [-0.15, -0.1) is 0 Å². The number of rotatable bonds is 6. The highest BCUT2D eigenvalue weighted by Gasteiger charge is 2.31. The van der Waals surface area contributed by atoms with Crippen molar-refractivity contribution in [2.75, 3.05) is 26.8 Å². The van der Waals surface area contributed by atoms with Gasteiger partial charge in [-0.3, -0.25) is 9.59 Å². The summed E-state index contributed by atoms with van der Waals surface area (Å²) in [6, 6.07) is 6.02. The maximum atomic E-state index is 12.9. The SMILES string of the molecule is CN(CCCC(=O)O)C(=O)c1ccc2c(c1)c1c(n2C)CCC(C2CCOCC2)C1. The molecule has 162 valence electrons. The van der Waals surface area contributed by atoms with E-state index in [1.54, 1.807) is 11.9 Å². The molecule has 1 aliphatic carbocycles. The van der Waals surface area contributed by atoms with Crippen molar-refractivity contribution >= 4 is 22.8 Å². The molecule has 1 saturated heterocycles. The smallest absolute Gasteiger partial charge is 0.303 e. The molecule has 2 aliphatic rings. The van der Waals surface area contributed by atoms with Crippen LogP contribution in [0, 0.1) is 11.8 Å². The van der Waals surface area contributed by atoms with Gasteiger partial charge in [0, 0.05) is 62.4 Å². The maximum absolute atomic E-state index is 12.9. The summed E-state index contributed by atoms with van der Waals surface area (Å²) in [5.41, 5.74) is 4.70. The highest BCUT2D eigenvalue weighted by Crippen LogP contribution is 2.39. The van der Waals surface area contributed by atoms with Crippen LogP contribution in [0.4, 0.5) is 0 Å². The number of fused-ring (bicyclic) bond motifs is 3. The van der Waals surface area contributed by atoms with E-state index in [9.17, 15) is 9.59 Å². The summed E-state index contributed by atoms with van der Waals surface area (Å²) in [6.07, 6.45) is 6.29. The molecule has 1 fully saturated rings. The number of aromatic nitrogens is 1. The van der Waals surface area contributed by atoms with Gasteiger partial charge in [-0.1, -0.05) is 0 Å². The largest absolute Gasteiger partial charge is 0.481 e. The number of aliphatic carboxylic acids is 1. The van der Waals surface area contributed by atoms with Crippen molar-refractivity contribution in [2.45, 2.75) is 44.9 Å². The second-order valence-electron chi connectivity index (χ2n) is 8.89. The fraction of sp³-hybridized carbons (Fsp3) is 0.583. The highest BCUT2D eigenvalue weighted by atomic mass is 16.5. The average molecular weight is 413 g/mol. The maximum Gasteiger partial charge on any atom is 0.303 e. The van der Waals surface area contributed by atoms with E-state index in [0.29, 0.717) is 24.4 Å². The number of carbonyl (C=O) groups excluding carboxylic acids is 1. The molecule has 2 aromatic rings. The Bertz CT molecular complexity index is 942. The Kier molecular flexibility index (Phi) is 6.14. The predicted octanol–water partition coefficient (Wildman–Crippen LogP) is 3.65. The standard InChI is InChI=1S/C24H32N2O4/c1-25(11-3-4-23(27)28)24(29)18-6-8-22-20(15-18)19-14-17(5-7-21(19)26(22)2)16-9-12-30-13-10-16/h6,8,15-17H,3-5,7,9-14H2,1-2H3,(H,27,28). The van der Waals surface area contributed by atoms with Gasteiger partial charge in [0.1, 0.15) is 0 Å². The van der Waals surface area contributed by atoms with Crippen LogP contribution in [-0.2, 0) is 29.4 Å². The first-order chi connectivity index (χ1) is 14.5. The van der Waals surface area contributed by atoms with E-state index in [4.69, 9.17) is 9.84 Å². The molecule has 0 radical (unpaired) electrons. The Labute approximate surface area is 177 Å². The van der Waals surface area contributed by atoms with Crippen LogP contribution in [0.3, 0.4) is 0 Å². The van der Waals surface area contributed by atoms with E-state index in [2.05, 4.69) is 23.7 Å². The second-order valence-corrected chi connectivity index (χ2v) is 8.89. The molecule has 0 spiro atoms. The third-order valence-electron chi connectivity index (χ3n) is 7.06. The topological polar surface area (TPSA) is 71.8 Å². The van der Waals surface area contributed by atoms with Gasteiger partial charge in [0.15, 0.2) is 0 Å². The number of hydrogen-bond acceptors (Lipinski definition) is 3. The third kappa shape index (κ3) is 4.10. The van der Waals surface area contributed by atoms with Gasteiger partial charge in [0.25, 0.3) is 5.91 Å². The molecule has 0 bridgehead atoms. The molecule has 4 rings (SSSR count). The molecule has 1 aliphatic heterocycles. The molecule has 1 atom stereocenters. The normalized spacial score (nSPS) is 19.6. The van der Waals surface area contributed by atoms with E-state index in [1.807, 2.05) is 6.07 Å². The molecule has 6 heteroatoms. The summed E-state index contributed by atoms with van der Waals surface area (Å²) < 4.78 is 7.86.